The number of benzene rings is 2. The molecule has 618 valence electrons. The molecule has 112 heavy (non-hydrogen) atoms. The van der Waals surface area contributed by atoms with Gasteiger partial charge < -0.3 is 82.7 Å². The van der Waals surface area contributed by atoms with Crippen LogP contribution in [-0.4, -0.2) is 244 Å². The third-order valence-electron chi connectivity index (χ3n) is 20.3. The van der Waals surface area contributed by atoms with Crippen molar-refractivity contribution in [1.29, 1.82) is 0 Å². The molecule has 3 heterocycles. The van der Waals surface area contributed by atoms with Gasteiger partial charge in [0.05, 0.1) is 25.0 Å². The lowest BCUT2D eigenvalue weighted by molar-refractivity contribution is -0.160. The SMILES string of the molecule is CC[C@@H](C)C[C@@H]1NC(=O)C(=O)NC(=O)[C@H]([C@@H](C)CC)NC(=O)[C@@H]2CSSC[C@H](NC(=O)CCC(=O)O)C(=O)N[C@H](Cc3ccccc3)C(=O)N[C@H](C)C(=O)N[C@@H](C[C@@H](C)CC)C(=O)N[C@@H](C(=O)N[C@H](Cc3ccccc3)C(=O)N3CCC[C@H]3C(=O)N2)[C@@H](C)OC(=O)[C@H](CO)CC(=O)[C@H]([C@@H](C)OC)N(C)C(=O)[C@@H](CC)NC1=O. The minimum Gasteiger partial charge on any atom is -0.481 e. The minimum atomic E-state index is -2.03. The highest BCUT2D eigenvalue weighted by atomic mass is 33.1. The second-order valence-corrected chi connectivity index (χ2v) is 31.4. The predicted molar refractivity (Wildman–Crippen MR) is 412 cm³/mol. The number of likely N-dealkylation sites (N-methyl/N-ethyl adjacent to an activating group) is 1. The highest BCUT2D eigenvalue weighted by Crippen LogP contribution is 2.27. The third-order valence-corrected chi connectivity index (χ3v) is 22.7. The summed E-state index contributed by atoms with van der Waals surface area (Å²) in [6.45, 7) is 14.5. The van der Waals surface area contributed by atoms with Crippen LogP contribution in [0.4, 0.5) is 0 Å². The van der Waals surface area contributed by atoms with E-state index in [4.69, 9.17) is 9.47 Å². The number of rotatable bonds is 20. The minimum absolute atomic E-state index is 0.0393. The summed E-state index contributed by atoms with van der Waals surface area (Å²) in [5.41, 5.74) is 0.975. The molecule has 2 bridgehead atoms. The molecule has 14 amide bonds. The van der Waals surface area contributed by atoms with Crippen molar-refractivity contribution in [2.24, 2.45) is 23.7 Å². The smallest absolute Gasteiger partial charge is 0.315 e. The van der Waals surface area contributed by atoms with Crippen LogP contribution < -0.4 is 58.5 Å². The lowest BCUT2D eigenvalue weighted by Crippen LogP contribution is -2.63. The highest BCUT2D eigenvalue weighted by molar-refractivity contribution is 8.76. The molecule has 3 aliphatic rings. The maximum atomic E-state index is 15.5. The fourth-order valence-corrected chi connectivity index (χ4v) is 15.0. The van der Waals surface area contributed by atoms with Gasteiger partial charge >= 0.3 is 23.8 Å². The van der Waals surface area contributed by atoms with Crippen molar-refractivity contribution in [2.75, 3.05) is 38.8 Å². The van der Waals surface area contributed by atoms with Crippen LogP contribution in [0.25, 0.3) is 0 Å². The Morgan fingerprint density at radius 3 is 1.72 bits per heavy atom. The Hall–Kier alpha value is -9.55. The standard InChI is InChI=1S/C76H111N13O21S2/c1-13-40(5)32-50-65(97)79-49(16-4)74(106)88(11)62(45(10)109-12)57(91)36-48(37-90)76(108)110-44(9)61-71(103)83-53(35-47-26-21-18-22-27-47)75(107)89-31-23-28-56(89)69(101)84-55(68(100)85-60(42(7)15-3)70(102)87-73(105)72(104)82-50)39-112-111-38-54(78-58(92)29-30-59(93)94)67(99)81-52(34-46-24-19-17-20-25-46)64(96)77-43(8)63(95)80-51(66(98)86-61)33-41(6)14-2/h17-22,24-27,40-45,48-56,60-62,90H,13-16,23,28-39H2,1-12H3,(H,77,96)(H,78,92)(H,79,97)(H,80,95)(H,81,99)(H,82,104)(H,83,103)(H,84,101)(H,85,100)(H,86,98)(H,93,94)(H,87,102,105)/t40-,41+,42+,43-,44-,45-,48+,49-,50+,51+,52-,53-,54+,55+,56+,60+,61-,62+/m1/s1. The number of imide groups is 1. The zero-order valence-electron chi connectivity index (χ0n) is 65.5. The molecule has 13 N–H and O–H groups in total. The predicted octanol–water partition coefficient (Wildman–Crippen LogP) is -0.0633. The molecule has 0 radical (unpaired) electrons. The van der Waals surface area contributed by atoms with Gasteiger partial charge in [0.25, 0.3) is 0 Å². The number of aliphatic carboxylic acids is 1. The summed E-state index contributed by atoms with van der Waals surface area (Å²) in [7, 11) is 4.18. The summed E-state index contributed by atoms with van der Waals surface area (Å²) >= 11 is 0. The number of Topliss-reactive ketones (excluding diaryl/α,β-unsaturated/α-hetero) is 1. The van der Waals surface area contributed by atoms with Crippen LogP contribution in [-0.2, 0) is 104 Å². The Morgan fingerprint density at radius 1 is 0.598 bits per heavy atom. The molecule has 0 spiro atoms. The molecule has 0 unspecified atom stereocenters. The first-order valence-electron chi connectivity index (χ1n) is 38.0. The van der Waals surface area contributed by atoms with E-state index in [1.54, 1.807) is 95.3 Å². The van der Waals surface area contributed by atoms with Gasteiger partial charge in [-0.3, -0.25) is 86.8 Å². The number of methoxy groups -OCH3 is 1. The molecule has 2 aromatic carbocycles. The molecule has 34 nitrogen and oxygen atoms in total. The van der Waals surface area contributed by atoms with Crippen molar-refractivity contribution in [3.63, 3.8) is 0 Å². The Labute approximate surface area is 660 Å². The van der Waals surface area contributed by atoms with E-state index < -0.39 is 229 Å². The average molecular weight is 1610 g/mol. The van der Waals surface area contributed by atoms with Gasteiger partial charge in [0.15, 0.2) is 5.78 Å². The molecule has 3 aliphatic heterocycles. The van der Waals surface area contributed by atoms with E-state index in [2.05, 4.69) is 53.2 Å². The number of nitrogens with one attached hydrogen (secondary N) is 11. The fraction of sp³-hybridized carbons (Fsp3) is 0.618. The maximum Gasteiger partial charge on any atom is 0.315 e. The number of aliphatic hydroxyl groups excluding tert-OH is 1. The van der Waals surface area contributed by atoms with Crippen LogP contribution in [0, 0.1) is 23.7 Å². The van der Waals surface area contributed by atoms with E-state index in [9.17, 15) is 67.7 Å². The number of ether oxygens (including phenoxy) is 2. The number of aliphatic hydroxyl groups is 1. The van der Waals surface area contributed by atoms with Gasteiger partial charge in [-0.05, 0) is 81.8 Å². The van der Waals surface area contributed by atoms with Crippen molar-refractivity contribution in [3.8, 4) is 0 Å². The van der Waals surface area contributed by atoms with Crippen LogP contribution in [0.1, 0.15) is 151 Å². The van der Waals surface area contributed by atoms with E-state index in [1.807, 2.05) is 5.32 Å². The summed E-state index contributed by atoms with van der Waals surface area (Å²) < 4.78 is 11.5. The van der Waals surface area contributed by atoms with Gasteiger partial charge in [-0.2, -0.15) is 0 Å². The molecule has 18 atom stereocenters. The topological polar surface area (TPSA) is 488 Å². The van der Waals surface area contributed by atoms with E-state index in [1.165, 1.54) is 48.8 Å². The van der Waals surface area contributed by atoms with Gasteiger partial charge in [0.1, 0.15) is 78.6 Å². The summed E-state index contributed by atoms with van der Waals surface area (Å²) in [4.78, 5) is 249. The molecule has 0 aromatic heterocycles. The first kappa shape index (κ1) is 93.1. The van der Waals surface area contributed by atoms with Crippen LogP contribution in [0.15, 0.2) is 60.7 Å². The number of carbonyl (C=O) groups is 17. The molecule has 0 aliphatic carbocycles. The number of hydrogen-bond donors (Lipinski definition) is 13. The summed E-state index contributed by atoms with van der Waals surface area (Å²) in [6.07, 6.45) is -4.75. The van der Waals surface area contributed by atoms with Crippen LogP contribution in [0.5, 0.6) is 0 Å². The third kappa shape index (κ3) is 28.0. The van der Waals surface area contributed by atoms with Gasteiger partial charge in [-0.25, -0.2) is 0 Å². The number of fused-ring (bicyclic) bond motifs is 6. The Balaban J connectivity index is 1.80. The number of cyclic esters (lactones) is 1. The number of carboxylic acid groups (broad SMARTS) is 1. The number of hydrogen-bond acceptors (Lipinski definition) is 22. The zero-order chi connectivity index (χ0) is 83.2. The Kier molecular flexibility index (Phi) is 38.1. The fourth-order valence-electron chi connectivity index (χ4n) is 12.7. The Bertz CT molecular complexity index is 3660. The molecule has 0 saturated carbocycles. The average Bonchev–Trinajstić information content (AvgIpc) is 1.39. The summed E-state index contributed by atoms with van der Waals surface area (Å²) in [5, 5.41) is 48.4. The van der Waals surface area contributed by atoms with Gasteiger partial charge in [0, 0.05) is 57.9 Å². The number of nitrogens with zero attached hydrogens (tertiary/aromatic N) is 2. The van der Waals surface area contributed by atoms with Crippen LogP contribution >= 0.6 is 21.6 Å². The molecule has 36 heteroatoms. The van der Waals surface area contributed by atoms with Crippen molar-refractivity contribution in [2.45, 2.75) is 237 Å². The van der Waals surface area contributed by atoms with E-state index in [0.29, 0.717) is 24.0 Å². The number of esters is 1. The van der Waals surface area contributed by atoms with Gasteiger partial charge in [-0.15, -0.1) is 0 Å². The molecule has 3 saturated heterocycles. The first-order chi connectivity index (χ1) is 53.1. The second-order valence-electron chi connectivity index (χ2n) is 28.8. The molecular formula is C76H111N13O21S2. The number of carboxylic acids is 1. The highest BCUT2D eigenvalue weighted by Gasteiger charge is 2.45. The van der Waals surface area contributed by atoms with Crippen molar-refractivity contribution in [1.82, 2.24) is 68.3 Å². The van der Waals surface area contributed by atoms with Crippen molar-refractivity contribution >= 4 is 122 Å². The van der Waals surface area contributed by atoms with E-state index in [0.717, 1.165) is 31.4 Å². The number of amides is 14. The van der Waals surface area contributed by atoms with Crippen molar-refractivity contribution in [3.05, 3.63) is 71.8 Å². The maximum absolute atomic E-state index is 15.5. The van der Waals surface area contributed by atoms with Gasteiger partial charge in [-0.1, -0.05) is 150 Å². The monoisotopic (exact) mass is 1610 g/mol. The van der Waals surface area contributed by atoms with E-state index >= 15 is 24.0 Å². The summed E-state index contributed by atoms with van der Waals surface area (Å²) in [6, 6.07) is -2.54. The van der Waals surface area contributed by atoms with Crippen LogP contribution in [0.2, 0.25) is 0 Å². The molecule has 5 rings (SSSR count). The number of carbonyl (C=O) groups excluding carboxylic acids is 16. The lowest BCUT2D eigenvalue weighted by Gasteiger charge is -2.34. The zero-order valence-corrected chi connectivity index (χ0v) is 67.2. The molecule has 2 aromatic rings. The normalized spacial score (nSPS) is 27.6. The number of ketones is 1. The first-order valence-corrected chi connectivity index (χ1v) is 40.4. The summed E-state index contributed by atoms with van der Waals surface area (Å²) in [5.74, 6) is -22.6. The van der Waals surface area contributed by atoms with Gasteiger partial charge in [0.2, 0.25) is 70.9 Å². The van der Waals surface area contributed by atoms with Crippen molar-refractivity contribution < 1.29 is 101 Å². The molecule has 3 fully saturated rings. The largest absolute Gasteiger partial charge is 0.481 e. The van der Waals surface area contributed by atoms with Crippen LogP contribution in [0.3, 0.4) is 0 Å². The lowest BCUT2D eigenvalue weighted by atomic mass is 9.94. The second kappa shape index (κ2) is 45.8. The Morgan fingerprint density at radius 2 is 1.15 bits per heavy atom. The quantitative estimate of drug-likeness (QED) is 0.0357. The molecular weight excluding hydrogens is 1500 g/mol. The van der Waals surface area contributed by atoms with E-state index in [-0.39, 0.29) is 75.5 Å².